The first-order valence-corrected chi connectivity index (χ1v) is 6.74. The second-order valence-corrected chi connectivity index (χ2v) is 6.10. The number of phenols is 1. The molecule has 0 aliphatic rings. The zero-order chi connectivity index (χ0) is 13.3. The Morgan fingerprint density at radius 3 is 2.61 bits per heavy atom. The van der Waals surface area contributed by atoms with Gasteiger partial charge in [-0.2, -0.15) is 0 Å². The summed E-state index contributed by atoms with van der Waals surface area (Å²) in [6.07, 6.45) is 0. The molecule has 1 heterocycles. The third kappa shape index (κ3) is 2.88. The molecule has 2 aromatic rings. The molecule has 6 heteroatoms. The molecule has 1 aromatic carbocycles. The van der Waals surface area contributed by atoms with E-state index in [0.717, 1.165) is 5.56 Å². The third-order valence-corrected chi connectivity index (χ3v) is 4.00. The van der Waals surface area contributed by atoms with Crippen molar-refractivity contribution < 1.29 is 9.50 Å². The lowest BCUT2D eigenvalue weighted by Crippen LogP contribution is -2.06. The first-order chi connectivity index (χ1) is 8.47. The van der Waals surface area contributed by atoms with Crippen LogP contribution in [0.15, 0.2) is 24.3 Å². The van der Waals surface area contributed by atoms with Crippen molar-refractivity contribution >= 4 is 40.2 Å². The number of hydrogen-bond acceptors (Lipinski definition) is 3. The van der Waals surface area contributed by atoms with Gasteiger partial charge in [0.05, 0.1) is 14.7 Å². The van der Waals surface area contributed by atoms with Crippen molar-refractivity contribution in [2.45, 2.75) is 13.0 Å². The molecule has 18 heavy (non-hydrogen) atoms. The Kier molecular flexibility index (Phi) is 4.00. The number of phenolic OH excluding ortho intramolecular Hbond substituents is 1. The molecule has 0 amide bonds. The van der Waals surface area contributed by atoms with Gasteiger partial charge in [-0.1, -0.05) is 23.2 Å². The molecule has 2 nitrogen and oxygen atoms in total. The molecule has 2 rings (SSSR count). The fourth-order valence-electron chi connectivity index (χ4n) is 1.57. The predicted octanol–water partition coefficient (Wildman–Crippen LogP) is 5.07. The summed E-state index contributed by atoms with van der Waals surface area (Å²) in [4.78, 5) is 0. The van der Waals surface area contributed by atoms with E-state index in [1.807, 2.05) is 6.92 Å². The van der Waals surface area contributed by atoms with Gasteiger partial charge in [-0.05, 0) is 25.1 Å². The fraction of sp³-hybridized carbons (Fsp3) is 0.167. The van der Waals surface area contributed by atoms with Gasteiger partial charge in [-0.25, -0.2) is 4.39 Å². The van der Waals surface area contributed by atoms with E-state index in [-0.39, 0.29) is 11.8 Å². The molecule has 1 aromatic heterocycles. The maximum atomic E-state index is 13.2. The molecule has 2 N–H and O–H groups in total. The van der Waals surface area contributed by atoms with Crippen LogP contribution in [0.3, 0.4) is 0 Å². The highest BCUT2D eigenvalue weighted by molar-refractivity contribution is 7.20. The molecule has 0 fully saturated rings. The topological polar surface area (TPSA) is 32.3 Å². The van der Waals surface area contributed by atoms with E-state index < -0.39 is 5.82 Å². The van der Waals surface area contributed by atoms with Crippen LogP contribution in [-0.4, -0.2) is 5.11 Å². The van der Waals surface area contributed by atoms with Crippen LogP contribution in [0, 0.1) is 5.82 Å². The Hall–Kier alpha value is -0.970. The van der Waals surface area contributed by atoms with Gasteiger partial charge in [-0.3, -0.25) is 0 Å². The molecular formula is C12H10Cl2FNOS. The highest BCUT2D eigenvalue weighted by Gasteiger charge is 2.13. The van der Waals surface area contributed by atoms with Crippen molar-refractivity contribution in [2.24, 2.45) is 0 Å². The van der Waals surface area contributed by atoms with Crippen molar-refractivity contribution in [3.05, 3.63) is 44.3 Å². The maximum Gasteiger partial charge on any atom is 0.166 e. The fourth-order valence-corrected chi connectivity index (χ4v) is 3.22. The minimum Gasteiger partial charge on any atom is -0.505 e. The van der Waals surface area contributed by atoms with Crippen LogP contribution in [-0.2, 0) is 0 Å². The number of aromatic hydroxyl groups is 1. The molecule has 0 aliphatic heterocycles. The number of anilines is 1. The lowest BCUT2D eigenvalue weighted by molar-refractivity contribution is 0.432. The first kappa shape index (κ1) is 13.5. The lowest BCUT2D eigenvalue weighted by Gasteiger charge is -2.15. The average Bonchev–Trinajstić information content (AvgIpc) is 2.63. The van der Waals surface area contributed by atoms with Crippen LogP contribution in [0.1, 0.15) is 18.5 Å². The highest BCUT2D eigenvalue weighted by Crippen LogP contribution is 2.36. The van der Waals surface area contributed by atoms with E-state index in [2.05, 4.69) is 5.32 Å². The van der Waals surface area contributed by atoms with Gasteiger partial charge in [0.25, 0.3) is 0 Å². The van der Waals surface area contributed by atoms with E-state index in [1.165, 1.54) is 23.5 Å². The van der Waals surface area contributed by atoms with E-state index in [4.69, 9.17) is 28.3 Å². The van der Waals surface area contributed by atoms with E-state index in [9.17, 15) is 4.39 Å². The van der Waals surface area contributed by atoms with Crippen molar-refractivity contribution in [3.8, 4) is 5.75 Å². The van der Waals surface area contributed by atoms with Gasteiger partial charge in [0.2, 0.25) is 0 Å². The standard InChI is InChI=1S/C12H10Cl2FNOS/c1-6(8-5-11(13)18-12(8)14)16-7-2-3-10(17)9(15)4-7/h2-6,16-17H,1H3. The minimum atomic E-state index is -0.665. The summed E-state index contributed by atoms with van der Waals surface area (Å²) in [5, 5.41) is 12.2. The normalized spacial score (nSPS) is 12.4. The van der Waals surface area contributed by atoms with Crippen molar-refractivity contribution in [2.75, 3.05) is 5.32 Å². The Balaban J connectivity index is 2.18. The number of thiophene rings is 1. The molecule has 96 valence electrons. The molecule has 0 aliphatic carbocycles. The van der Waals surface area contributed by atoms with Gasteiger partial charge in [0, 0.05) is 17.3 Å². The Bertz CT molecular complexity index is 573. The van der Waals surface area contributed by atoms with Crippen LogP contribution in [0.5, 0.6) is 5.75 Å². The van der Waals surface area contributed by atoms with Gasteiger partial charge in [-0.15, -0.1) is 11.3 Å². The number of nitrogens with one attached hydrogen (secondary N) is 1. The summed E-state index contributed by atoms with van der Waals surface area (Å²) in [5.74, 6) is -1.04. The second-order valence-electron chi connectivity index (χ2n) is 3.81. The second kappa shape index (κ2) is 5.34. The zero-order valence-electron chi connectivity index (χ0n) is 9.38. The van der Waals surface area contributed by atoms with Crippen molar-refractivity contribution in [3.63, 3.8) is 0 Å². The van der Waals surface area contributed by atoms with E-state index >= 15 is 0 Å². The Morgan fingerprint density at radius 2 is 2.06 bits per heavy atom. The number of benzene rings is 1. The summed E-state index contributed by atoms with van der Waals surface area (Å²) >= 11 is 13.2. The number of rotatable bonds is 3. The Morgan fingerprint density at radius 1 is 1.33 bits per heavy atom. The van der Waals surface area contributed by atoms with Gasteiger partial charge in [0.15, 0.2) is 11.6 Å². The predicted molar refractivity (Wildman–Crippen MR) is 74.4 cm³/mol. The molecule has 0 saturated carbocycles. The molecule has 0 radical (unpaired) electrons. The van der Waals surface area contributed by atoms with E-state index in [0.29, 0.717) is 14.4 Å². The molecule has 1 atom stereocenters. The average molecular weight is 306 g/mol. The Labute approximate surface area is 118 Å². The van der Waals surface area contributed by atoms with Crippen LogP contribution >= 0.6 is 34.5 Å². The number of hydrogen-bond donors (Lipinski definition) is 2. The molecule has 0 spiro atoms. The summed E-state index contributed by atoms with van der Waals surface area (Å²) in [7, 11) is 0. The molecule has 0 saturated heterocycles. The van der Waals surface area contributed by atoms with Crippen LogP contribution in [0.25, 0.3) is 0 Å². The lowest BCUT2D eigenvalue weighted by atomic mass is 10.1. The van der Waals surface area contributed by atoms with E-state index in [1.54, 1.807) is 12.1 Å². The summed E-state index contributed by atoms with van der Waals surface area (Å²) in [5.41, 5.74) is 1.43. The summed E-state index contributed by atoms with van der Waals surface area (Å²) in [6.45, 7) is 1.90. The van der Waals surface area contributed by atoms with Crippen molar-refractivity contribution in [1.82, 2.24) is 0 Å². The maximum absolute atomic E-state index is 13.2. The number of halogens is 3. The minimum absolute atomic E-state index is 0.106. The first-order valence-electron chi connectivity index (χ1n) is 5.17. The van der Waals surface area contributed by atoms with Gasteiger partial charge in [0.1, 0.15) is 0 Å². The van der Waals surface area contributed by atoms with Crippen LogP contribution < -0.4 is 5.32 Å². The smallest absolute Gasteiger partial charge is 0.166 e. The SMILES string of the molecule is CC(Nc1ccc(O)c(F)c1)c1cc(Cl)sc1Cl. The molecule has 0 bridgehead atoms. The zero-order valence-corrected chi connectivity index (χ0v) is 11.7. The molecule has 1 unspecified atom stereocenters. The largest absolute Gasteiger partial charge is 0.505 e. The third-order valence-electron chi connectivity index (χ3n) is 2.48. The van der Waals surface area contributed by atoms with Crippen LogP contribution in [0.2, 0.25) is 8.67 Å². The summed E-state index contributed by atoms with van der Waals surface area (Å²) < 4.78 is 14.4. The quantitative estimate of drug-likeness (QED) is 0.776. The highest BCUT2D eigenvalue weighted by atomic mass is 35.5. The van der Waals surface area contributed by atoms with Gasteiger partial charge < -0.3 is 10.4 Å². The monoisotopic (exact) mass is 305 g/mol. The van der Waals surface area contributed by atoms with Crippen molar-refractivity contribution in [1.29, 1.82) is 0 Å². The molecular weight excluding hydrogens is 296 g/mol. The van der Waals surface area contributed by atoms with Crippen LogP contribution in [0.4, 0.5) is 10.1 Å². The van der Waals surface area contributed by atoms with Gasteiger partial charge >= 0.3 is 0 Å². The summed E-state index contributed by atoms with van der Waals surface area (Å²) in [6, 6.07) is 5.80.